The molecule has 8 heavy (non-hydrogen) atoms. The molecule has 1 N–H and O–H groups in total. The van der Waals surface area contributed by atoms with Crippen molar-refractivity contribution in [1.29, 1.82) is 0 Å². The normalized spacial score (nSPS) is 9.62. The minimum Gasteiger partial charge on any atom is -0.498 e. The van der Waals surface area contributed by atoms with Gasteiger partial charge in [0.15, 0.2) is 5.06 Å². The van der Waals surface area contributed by atoms with Gasteiger partial charge in [-0.05, 0) is 6.42 Å². The van der Waals surface area contributed by atoms with Crippen LogP contribution in [-0.2, 0) is 6.42 Å². The van der Waals surface area contributed by atoms with E-state index in [1.165, 1.54) is 17.5 Å². The maximum Gasteiger partial charge on any atom is 0.191 e. The molecule has 2 nitrogen and oxygen atoms in total. The molecule has 0 fully saturated rings. The molecule has 0 spiro atoms. The molecule has 1 aromatic rings. The molecule has 0 amide bonds. The van der Waals surface area contributed by atoms with E-state index in [1.807, 2.05) is 6.92 Å². The van der Waals surface area contributed by atoms with Gasteiger partial charge in [0.2, 0.25) is 0 Å². The van der Waals surface area contributed by atoms with Crippen molar-refractivity contribution in [3.05, 3.63) is 11.2 Å². The Morgan fingerprint density at radius 1 is 1.88 bits per heavy atom. The number of aromatic nitrogens is 1. The van der Waals surface area contributed by atoms with E-state index in [0.29, 0.717) is 5.06 Å². The minimum atomic E-state index is 0.307. The van der Waals surface area contributed by atoms with Crippen LogP contribution >= 0.6 is 11.3 Å². The summed E-state index contributed by atoms with van der Waals surface area (Å²) in [5, 5.41) is 10.0. The van der Waals surface area contributed by atoms with Crippen LogP contribution in [0.25, 0.3) is 0 Å². The molecule has 3 heteroatoms. The molecule has 0 saturated carbocycles. The molecule has 44 valence electrons. The Hall–Kier alpha value is -0.570. The van der Waals surface area contributed by atoms with Crippen LogP contribution in [0.4, 0.5) is 0 Å². The van der Waals surface area contributed by atoms with Crippen LogP contribution in [0, 0.1) is 0 Å². The summed E-state index contributed by atoms with van der Waals surface area (Å²) in [7, 11) is 0. The van der Waals surface area contributed by atoms with E-state index in [-0.39, 0.29) is 0 Å². The van der Waals surface area contributed by atoms with Crippen molar-refractivity contribution < 1.29 is 5.11 Å². The summed E-state index contributed by atoms with van der Waals surface area (Å²) in [5.41, 5.74) is 0. The van der Waals surface area contributed by atoms with Gasteiger partial charge in [0.25, 0.3) is 0 Å². The average molecular weight is 129 g/mol. The van der Waals surface area contributed by atoms with Crippen molar-refractivity contribution in [3.63, 3.8) is 0 Å². The van der Waals surface area contributed by atoms with Gasteiger partial charge in [-0.2, -0.15) is 0 Å². The molecule has 1 aromatic heterocycles. The molecule has 0 radical (unpaired) electrons. The fraction of sp³-hybridized carbons (Fsp3) is 0.400. The molecule has 0 aliphatic heterocycles. The first-order valence-electron chi connectivity index (χ1n) is 2.46. The fourth-order valence-corrected chi connectivity index (χ4v) is 1.06. The molecule has 0 atom stereocenters. The predicted octanol–water partition coefficient (Wildman–Crippen LogP) is 1.41. The summed E-state index contributed by atoms with van der Waals surface area (Å²) in [6.45, 7) is 2.01. The van der Waals surface area contributed by atoms with Crippen molar-refractivity contribution in [1.82, 2.24) is 4.98 Å². The summed E-state index contributed by atoms with van der Waals surface area (Å²) in [6, 6.07) is 0. The van der Waals surface area contributed by atoms with Gasteiger partial charge in [-0.1, -0.05) is 18.3 Å². The van der Waals surface area contributed by atoms with Crippen molar-refractivity contribution in [2.45, 2.75) is 13.3 Å². The molecule has 0 saturated heterocycles. The smallest absolute Gasteiger partial charge is 0.191 e. The van der Waals surface area contributed by atoms with Crippen LogP contribution in [0.2, 0.25) is 0 Å². The highest BCUT2D eigenvalue weighted by atomic mass is 32.1. The summed E-state index contributed by atoms with van der Waals surface area (Å²) < 4.78 is 0. The molecular weight excluding hydrogens is 122 g/mol. The Morgan fingerprint density at radius 2 is 2.62 bits per heavy atom. The van der Waals surface area contributed by atoms with E-state index < -0.39 is 0 Å². The average Bonchev–Trinajstić information content (AvgIpc) is 2.14. The zero-order chi connectivity index (χ0) is 5.98. The summed E-state index contributed by atoms with van der Waals surface area (Å²) in [4.78, 5) is 3.90. The van der Waals surface area contributed by atoms with Gasteiger partial charge < -0.3 is 5.11 Å². The highest BCUT2D eigenvalue weighted by Gasteiger charge is 1.93. The van der Waals surface area contributed by atoms with E-state index in [4.69, 9.17) is 5.11 Å². The Morgan fingerprint density at radius 3 is 2.88 bits per heavy atom. The van der Waals surface area contributed by atoms with Crippen molar-refractivity contribution in [2.75, 3.05) is 0 Å². The summed E-state index contributed by atoms with van der Waals surface area (Å²) in [5.74, 6) is 0. The topological polar surface area (TPSA) is 33.1 Å². The maximum atomic E-state index is 8.74. The van der Waals surface area contributed by atoms with E-state index in [1.54, 1.807) is 0 Å². The van der Waals surface area contributed by atoms with E-state index in [9.17, 15) is 0 Å². The second-order valence-electron chi connectivity index (χ2n) is 1.45. The minimum absolute atomic E-state index is 0.307. The van der Waals surface area contributed by atoms with Gasteiger partial charge in [-0.15, -0.1) is 0 Å². The van der Waals surface area contributed by atoms with Gasteiger partial charge in [0.1, 0.15) is 0 Å². The number of aromatic hydroxyl groups is 1. The van der Waals surface area contributed by atoms with Gasteiger partial charge >= 0.3 is 0 Å². The fourth-order valence-electron chi connectivity index (χ4n) is 0.464. The third-order valence-corrected chi connectivity index (χ3v) is 1.79. The van der Waals surface area contributed by atoms with Gasteiger partial charge in [0, 0.05) is 0 Å². The Balaban J connectivity index is 2.84. The number of nitrogens with zero attached hydrogens (tertiary/aromatic N) is 1. The molecule has 1 heterocycles. The first-order chi connectivity index (χ1) is 3.83. The SMILES string of the molecule is CCc1ncc(O)s1. The van der Waals surface area contributed by atoms with Crippen LogP contribution in [0.5, 0.6) is 5.06 Å². The second-order valence-corrected chi connectivity index (χ2v) is 2.54. The zero-order valence-corrected chi connectivity index (χ0v) is 5.40. The molecule has 0 bridgehead atoms. The molecular formula is C5H7NOS. The molecule has 0 aliphatic carbocycles. The lowest BCUT2D eigenvalue weighted by Gasteiger charge is -1.77. The third kappa shape index (κ3) is 0.980. The summed E-state index contributed by atoms with van der Waals surface area (Å²) in [6.07, 6.45) is 2.38. The van der Waals surface area contributed by atoms with E-state index >= 15 is 0 Å². The Labute approximate surface area is 51.8 Å². The molecule has 0 aromatic carbocycles. The number of hydrogen-bond donors (Lipinski definition) is 1. The van der Waals surface area contributed by atoms with Crippen LogP contribution < -0.4 is 0 Å². The quantitative estimate of drug-likeness (QED) is 0.622. The van der Waals surface area contributed by atoms with E-state index in [0.717, 1.165) is 11.4 Å². The third-order valence-electron chi connectivity index (χ3n) is 0.844. The lowest BCUT2D eigenvalue weighted by molar-refractivity contribution is 0.489. The highest BCUT2D eigenvalue weighted by Crippen LogP contribution is 2.18. The first kappa shape index (κ1) is 5.56. The molecule has 0 unspecified atom stereocenters. The van der Waals surface area contributed by atoms with Crippen LogP contribution in [-0.4, -0.2) is 10.1 Å². The largest absolute Gasteiger partial charge is 0.498 e. The van der Waals surface area contributed by atoms with Crippen LogP contribution in [0.1, 0.15) is 11.9 Å². The number of hydrogen-bond acceptors (Lipinski definition) is 3. The van der Waals surface area contributed by atoms with Crippen LogP contribution in [0.3, 0.4) is 0 Å². The standard InChI is InChI=1S/C5H7NOS/c1-2-4-6-3-5(7)8-4/h3,7H,2H2,1H3. The maximum absolute atomic E-state index is 8.74. The van der Waals surface area contributed by atoms with Crippen molar-refractivity contribution >= 4 is 11.3 Å². The number of rotatable bonds is 1. The van der Waals surface area contributed by atoms with Gasteiger partial charge in [-0.3, -0.25) is 0 Å². The lowest BCUT2D eigenvalue weighted by Crippen LogP contribution is -1.70. The Kier molecular flexibility index (Phi) is 1.48. The number of aryl methyl sites for hydroxylation is 1. The monoisotopic (exact) mass is 129 g/mol. The second kappa shape index (κ2) is 2.13. The highest BCUT2D eigenvalue weighted by molar-refractivity contribution is 7.13. The predicted molar refractivity (Wildman–Crippen MR) is 33.2 cm³/mol. The zero-order valence-electron chi connectivity index (χ0n) is 4.59. The first-order valence-corrected chi connectivity index (χ1v) is 3.28. The lowest BCUT2D eigenvalue weighted by atomic mass is 10.5. The molecule has 0 aliphatic rings. The van der Waals surface area contributed by atoms with Gasteiger partial charge in [-0.25, -0.2) is 4.98 Å². The Bertz CT molecular complexity index is 173. The number of thiazole rings is 1. The van der Waals surface area contributed by atoms with E-state index in [2.05, 4.69) is 4.98 Å². The van der Waals surface area contributed by atoms with Crippen molar-refractivity contribution in [2.24, 2.45) is 0 Å². The molecule has 1 rings (SSSR count). The van der Waals surface area contributed by atoms with Gasteiger partial charge in [0.05, 0.1) is 11.2 Å². The summed E-state index contributed by atoms with van der Waals surface area (Å²) >= 11 is 1.33. The van der Waals surface area contributed by atoms with Crippen LogP contribution in [0.15, 0.2) is 6.20 Å². The van der Waals surface area contributed by atoms with Crippen molar-refractivity contribution in [3.8, 4) is 5.06 Å².